The summed E-state index contributed by atoms with van der Waals surface area (Å²) in [5, 5.41) is 5.24. The first-order valence-corrected chi connectivity index (χ1v) is 12.4. The molecule has 1 saturated heterocycles. The zero-order valence-electron chi connectivity index (χ0n) is 20.2. The molecule has 3 aromatic carbocycles. The van der Waals surface area contributed by atoms with E-state index in [1.807, 2.05) is 0 Å². The molecule has 9 nitrogen and oxygen atoms in total. The first-order chi connectivity index (χ1) is 18.2. The van der Waals surface area contributed by atoms with Gasteiger partial charge in [0.05, 0.1) is 12.8 Å². The Morgan fingerprint density at radius 1 is 1.08 bits per heavy atom. The minimum atomic E-state index is -0.891. The van der Waals surface area contributed by atoms with E-state index < -0.39 is 23.8 Å². The fourth-order valence-corrected chi connectivity index (χ4v) is 4.10. The summed E-state index contributed by atoms with van der Waals surface area (Å²) in [6.07, 6.45) is 1.30. The number of barbiturate groups is 1. The largest absolute Gasteiger partial charge is 0.497 e. The number of halogens is 2. The minimum absolute atomic E-state index is 0.211. The molecular formula is C27H21BrClN3O6. The second-order valence-corrected chi connectivity index (χ2v) is 9.46. The maximum absolute atomic E-state index is 13.3. The van der Waals surface area contributed by atoms with Crippen LogP contribution in [-0.2, 0) is 14.4 Å². The predicted molar refractivity (Wildman–Crippen MR) is 146 cm³/mol. The van der Waals surface area contributed by atoms with Gasteiger partial charge in [0.15, 0.2) is 6.61 Å². The Bertz CT molecular complexity index is 1470. The molecule has 1 aliphatic rings. The average Bonchev–Trinajstić information content (AvgIpc) is 2.88. The average molecular weight is 599 g/mol. The lowest BCUT2D eigenvalue weighted by Gasteiger charge is -2.26. The van der Waals surface area contributed by atoms with Gasteiger partial charge in [-0.05, 0) is 73.2 Å². The van der Waals surface area contributed by atoms with Gasteiger partial charge < -0.3 is 14.8 Å². The SMILES string of the molecule is COc1ccc(NC(=O)COc2ccc(Br)cc2/C=C2\C(=O)NC(=O)N(c3ccc(C)c(Cl)c3)C2=O)cc1. The number of carbonyl (C=O) groups is 4. The van der Waals surface area contributed by atoms with Gasteiger partial charge in [-0.15, -0.1) is 0 Å². The maximum Gasteiger partial charge on any atom is 0.335 e. The Morgan fingerprint density at radius 3 is 2.50 bits per heavy atom. The van der Waals surface area contributed by atoms with Crippen LogP contribution in [0.25, 0.3) is 6.08 Å². The van der Waals surface area contributed by atoms with Gasteiger partial charge in [0.25, 0.3) is 17.7 Å². The van der Waals surface area contributed by atoms with Crippen LogP contribution in [0, 0.1) is 6.92 Å². The van der Waals surface area contributed by atoms with E-state index in [1.165, 1.54) is 12.1 Å². The van der Waals surface area contributed by atoms with Gasteiger partial charge in [0.2, 0.25) is 0 Å². The van der Waals surface area contributed by atoms with E-state index >= 15 is 0 Å². The molecule has 1 heterocycles. The fourth-order valence-electron chi connectivity index (χ4n) is 3.55. The number of imide groups is 2. The lowest BCUT2D eigenvalue weighted by atomic mass is 10.1. The molecule has 0 radical (unpaired) electrons. The summed E-state index contributed by atoms with van der Waals surface area (Å²) in [4.78, 5) is 51.7. The van der Waals surface area contributed by atoms with E-state index in [0.29, 0.717) is 26.5 Å². The number of aryl methyl sites for hydroxylation is 1. The second kappa shape index (κ2) is 11.5. The molecule has 5 amide bonds. The van der Waals surface area contributed by atoms with Crippen molar-refractivity contribution in [2.75, 3.05) is 23.9 Å². The molecule has 0 aromatic heterocycles. The van der Waals surface area contributed by atoms with Crippen LogP contribution >= 0.6 is 27.5 Å². The third kappa shape index (κ3) is 6.04. The molecule has 0 bridgehead atoms. The van der Waals surface area contributed by atoms with Crippen molar-refractivity contribution in [2.24, 2.45) is 0 Å². The molecule has 0 spiro atoms. The van der Waals surface area contributed by atoms with Crippen molar-refractivity contribution in [3.63, 3.8) is 0 Å². The second-order valence-electron chi connectivity index (χ2n) is 8.14. The Morgan fingerprint density at radius 2 is 1.82 bits per heavy atom. The summed E-state index contributed by atoms with van der Waals surface area (Å²) in [5.74, 6) is -1.22. The fraction of sp³-hybridized carbons (Fsp3) is 0.111. The van der Waals surface area contributed by atoms with Crippen LogP contribution in [0.1, 0.15) is 11.1 Å². The number of amides is 5. The van der Waals surface area contributed by atoms with Gasteiger partial charge in [-0.25, -0.2) is 9.69 Å². The van der Waals surface area contributed by atoms with Gasteiger partial charge in [-0.1, -0.05) is 33.6 Å². The highest BCUT2D eigenvalue weighted by atomic mass is 79.9. The van der Waals surface area contributed by atoms with E-state index in [2.05, 4.69) is 26.6 Å². The third-order valence-corrected chi connectivity index (χ3v) is 6.42. The molecule has 0 atom stereocenters. The Kier molecular flexibility index (Phi) is 8.13. The number of hydrogen-bond acceptors (Lipinski definition) is 6. The number of rotatable bonds is 7. The van der Waals surface area contributed by atoms with Crippen LogP contribution in [0.5, 0.6) is 11.5 Å². The summed E-state index contributed by atoms with van der Waals surface area (Å²) < 4.78 is 11.4. The monoisotopic (exact) mass is 597 g/mol. The maximum atomic E-state index is 13.3. The number of anilines is 2. The molecule has 194 valence electrons. The molecule has 0 aliphatic carbocycles. The van der Waals surface area contributed by atoms with Crippen LogP contribution < -0.4 is 25.0 Å². The minimum Gasteiger partial charge on any atom is -0.497 e. The lowest BCUT2D eigenvalue weighted by Crippen LogP contribution is -2.54. The van der Waals surface area contributed by atoms with Gasteiger partial charge in [0.1, 0.15) is 17.1 Å². The quantitative estimate of drug-likeness (QED) is 0.289. The highest BCUT2D eigenvalue weighted by molar-refractivity contribution is 9.10. The van der Waals surface area contributed by atoms with E-state index in [-0.39, 0.29) is 23.6 Å². The zero-order chi connectivity index (χ0) is 27.4. The van der Waals surface area contributed by atoms with Gasteiger partial charge in [0, 0.05) is 20.7 Å². The molecule has 1 aliphatic heterocycles. The van der Waals surface area contributed by atoms with E-state index in [4.69, 9.17) is 21.1 Å². The first kappa shape index (κ1) is 26.9. The molecule has 4 rings (SSSR count). The number of methoxy groups -OCH3 is 1. The van der Waals surface area contributed by atoms with Crippen LogP contribution in [0.4, 0.5) is 16.2 Å². The predicted octanol–water partition coefficient (Wildman–Crippen LogP) is 5.10. The number of nitrogens with zero attached hydrogens (tertiary/aromatic N) is 1. The molecule has 0 saturated carbocycles. The Hall–Kier alpha value is -4.15. The van der Waals surface area contributed by atoms with E-state index in [0.717, 1.165) is 10.5 Å². The highest BCUT2D eigenvalue weighted by Gasteiger charge is 2.37. The van der Waals surface area contributed by atoms with Crippen LogP contribution in [-0.4, -0.2) is 37.5 Å². The number of carbonyl (C=O) groups excluding carboxylic acids is 4. The molecule has 38 heavy (non-hydrogen) atoms. The number of urea groups is 1. The Labute approximate surface area is 231 Å². The molecule has 3 aromatic rings. The molecule has 2 N–H and O–H groups in total. The summed E-state index contributed by atoms with van der Waals surface area (Å²) >= 11 is 9.54. The van der Waals surface area contributed by atoms with Crippen LogP contribution in [0.3, 0.4) is 0 Å². The van der Waals surface area contributed by atoms with E-state index in [9.17, 15) is 19.2 Å². The number of ether oxygens (including phenoxy) is 2. The van der Waals surface area contributed by atoms with Crippen molar-refractivity contribution >= 4 is 68.7 Å². The standard InChI is InChI=1S/C27H21BrClN3O6/c1-15-3-7-19(13-22(15)29)32-26(35)21(25(34)31-27(32)36)12-16-11-17(28)4-10-23(16)38-14-24(33)30-18-5-8-20(37-2)9-6-18/h3-13H,14H2,1-2H3,(H,30,33)(H,31,34,36)/b21-12+. The Balaban J connectivity index is 1.56. The molecule has 0 unspecified atom stereocenters. The zero-order valence-corrected chi connectivity index (χ0v) is 22.6. The van der Waals surface area contributed by atoms with Gasteiger partial charge in [-0.3, -0.25) is 19.7 Å². The molecule has 1 fully saturated rings. The van der Waals surface area contributed by atoms with Crippen LogP contribution in [0.15, 0.2) is 70.7 Å². The van der Waals surface area contributed by atoms with Gasteiger partial charge >= 0.3 is 6.03 Å². The normalized spacial score (nSPS) is 14.4. The van der Waals surface area contributed by atoms with Crippen molar-refractivity contribution in [1.82, 2.24) is 5.32 Å². The molecule has 11 heteroatoms. The van der Waals surface area contributed by atoms with E-state index in [1.54, 1.807) is 68.6 Å². The number of nitrogens with one attached hydrogen (secondary N) is 2. The van der Waals surface area contributed by atoms with Crippen molar-refractivity contribution in [3.05, 3.63) is 86.9 Å². The summed E-state index contributed by atoms with van der Waals surface area (Å²) in [6, 6.07) is 15.5. The molecular weight excluding hydrogens is 578 g/mol. The van der Waals surface area contributed by atoms with Crippen LogP contribution in [0.2, 0.25) is 5.02 Å². The summed E-state index contributed by atoms with van der Waals surface area (Å²) in [5.41, 5.74) is 1.57. The summed E-state index contributed by atoms with van der Waals surface area (Å²) in [6.45, 7) is 1.45. The first-order valence-electron chi connectivity index (χ1n) is 11.2. The van der Waals surface area contributed by atoms with Crippen molar-refractivity contribution < 1.29 is 28.7 Å². The third-order valence-electron chi connectivity index (χ3n) is 5.52. The van der Waals surface area contributed by atoms with Crippen molar-refractivity contribution in [1.29, 1.82) is 0 Å². The lowest BCUT2D eigenvalue weighted by molar-refractivity contribution is -0.122. The summed E-state index contributed by atoms with van der Waals surface area (Å²) in [7, 11) is 1.55. The number of hydrogen-bond donors (Lipinski definition) is 2. The van der Waals surface area contributed by atoms with Crippen molar-refractivity contribution in [2.45, 2.75) is 6.92 Å². The smallest absolute Gasteiger partial charge is 0.335 e. The topological polar surface area (TPSA) is 114 Å². The van der Waals surface area contributed by atoms with Crippen molar-refractivity contribution in [3.8, 4) is 11.5 Å². The number of benzene rings is 3. The highest BCUT2D eigenvalue weighted by Crippen LogP contribution is 2.29. The van der Waals surface area contributed by atoms with Gasteiger partial charge in [-0.2, -0.15) is 0 Å².